The summed E-state index contributed by atoms with van der Waals surface area (Å²) < 4.78 is 18.9. The number of hydrogen-bond donors (Lipinski definition) is 2. The van der Waals surface area contributed by atoms with Gasteiger partial charge in [0.1, 0.15) is 0 Å². The van der Waals surface area contributed by atoms with E-state index in [1.165, 1.54) is 0 Å². The van der Waals surface area contributed by atoms with Crippen LogP contribution < -0.4 is 21.1 Å². The third-order valence-electron chi connectivity index (χ3n) is 8.05. The Kier molecular flexibility index (Phi) is 6.97. The van der Waals surface area contributed by atoms with Crippen molar-refractivity contribution in [2.45, 2.75) is 58.0 Å². The Morgan fingerprint density at radius 2 is 2.00 bits per heavy atom. The van der Waals surface area contributed by atoms with E-state index in [9.17, 15) is 9.59 Å². The molecule has 11 nitrogen and oxygen atoms in total. The second-order valence-electron chi connectivity index (χ2n) is 11.3. The molecule has 0 bridgehead atoms. The number of methoxy groups -OCH3 is 1. The molecule has 3 aromatic rings. The highest BCUT2D eigenvalue weighted by Gasteiger charge is 2.40. The van der Waals surface area contributed by atoms with Crippen molar-refractivity contribution in [2.75, 3.05) is 55.5 Å². The highest BCUT2D eigenvalue weighted by atomic mass is 16.5. The van der Waals surface area contributed by atoms with E-state index < -0.39 is 5.41 Å². The smallest absolute Gasteiger partial charge is 0.262 e. The van der Waals surface area contributed by atoms with Crippen molar-refractivity contribution in [2.24, 2.45) is 0 Å². The van der Waals surface area contributed by atoms with E-state index in [1.54, 1.807) is 11.7 Å². The normalized spacial score (nSPS) is 22.5. The number of nitrogens with zero attached hydrogens (tertiary/aromatic N) is 4. The first-order chi connectivity index (χ1) is 19.2. The molecule has 1 saturated heterocycles. The van der Waals surface area contributed by atoms with Crippen LogP contribution in [0, 0.1) is 0 Å². The number of nitrogens with one attached hydrogen (secondary N) is 2. The molecule has 1 amide bonds. The molecule has 2 atom stereocenters. The van der Waals surface area contributed by atoms with Gasteiger partial charge in [0.25, 0.3) is 5.56 Å². The fourth-order valence-corrected chi connectivity index (χ4v) is 5.63. The molecule has 0 aliphatic carbocycles. The molecule has 212 valence electrons. The van der Waals surface area contributed by atoms with E-state index in [-0.39, 0.29) is 23.7 Å². The van der Waals surface area contributed by atoms with Crippen molar-refractivity contribution < 1.29 is 19.0 Å². The van der Waals surface area contributed by atoms with Crippen LogP contribution in [0.2, 0.25) is 0 Å². The zero-order valence-electron chi connectivity index (χ0n) is 23.5. The molecule has 6 rings (SSSR count). The third-order valence-corrected chi connectivity index (χ3v) is 8.05. The second kappa shape index (κ2) is 10.5. The van der Waals surface area contributed by atoms with Crippen molar-refractivity contribution in [3.8, 4) is 0 Å². The summed E-state index contributed by atoms with van der Waals surface area (Å²) in [5.41, 5.74) is 4.03. The molecule has 0 saturated carbocycles. The largest absolute Gasteiger partial charge is 0.382 e. The predicted molar refractivity (Wildman–Crippen MR) is 152 cm³/mol. The number of rotatable bonds is 3. The maximum Gasteiger partial charge on any atom is 0.262 e. The molecule has 2 N–H and O–H groups in total. The van der Waals surface area contributed by atoms with Gasteiger partial charge in [-0.15, -0.1) is 0 Å². The summed E-state index contributed by atoms with van der Waals surface area (Å²) in [6.07, 6.45) is 0.381. The lowest BCUT2D eigenvalue weighted by molar-refractivity contribution is -0.119. The number of ether oxygens (including phenoxy) is 3. The van der Waals surface area contributed by atoms with Crippen molar-refractivity contribution in [3.05, 3.63) is 51.6 Å². The highest BCUT2D eigenvalue weighted by Crippen LogP contribution is 2.37. The van der Waals surface area contributed by atoms with Gasteiger partial charge < -0.3 is 29.7 Å². The molecule has 0 spiro atoms. The first-order valence-corrected chi connectivity index (χ1v) is 13.8. The Hall–Kier alpha value is -3.54. The number of pyridine rings is 1. The van der Waals surface area contributed by atoms with Crippen LogP contribution >= 0.6 is 0 Å². The van der Waals surface area contributed by atoms with Crippen molar-refractivity contribution in [3.63, 3.8) is 0 Å². The summed E-state index contributed by atoms with van der Waals surface area (Å²) in [6.45, 7) is 9.57. The van der Waals surface area contributed by atoms with E-state index in [4.69, 9.17) is 24.2 Å². The summed E-state index contributed by atoms with van der Waals surface area (Å²) >= 11 is 0. The van der Waals surface area contributed by atoms with Crippen molar-refractivity contribution >= 4 is 34.1 Å². The topological polar surface area (TPSA) is 120 Å². The molecule has 1 fully saturated rings. The van der Waals surface area contributed by atoms with E-state index >= 15 is 0 Å². The van der Waals surface area contributed by atoms with E-state index in [2.05, 4.69) is 15.5 Å². The molecule has 2 aromatic heterocycles. The SMILES string of the molecule is COC[C@H]1CN(c2ccc3c(=O)n4c(nc3c2)NCC(C)OCc2nc3c(cc2CC4)NC(=O)C3(C)C)CCO1. The van der Waals surface area contributed by atoms with Crippen LogP contribution in [-0.4, -0.2) is 72.6 Å². The third kappa shape index (κ3) is 4.82. The summed E-state index contributed by atoms with van der Waals surface area (Å²) in [6, 6.07) is 7.81. The minimum Gasteiger partial charge on any atom is -0.382 e. The fraction of sp³-hybridized carbons (Fsp3) is 0.517. The first kappa shape index (κ1) is 26.7. The Morgan fingerprint density at radius 1 is 1.15 bits per heavy atom. The lowest BCUT2D eigenvalue weighted by Crippen LogP contribution is -2.44. The Bertz CT molecular complexity index is 1520. The Morgan fingerprint density at radius 3 is 2.83 bits per heavy atom. The zero-order valence-corrected chi connectivity index (χ0v) is 23.5. The Balaban J connectivity index is 1.35. The predicted octanol–water partition coefficient (Wildman–Crippen LogP) is 2.45. The summed E-state index contributed by atoms with van der Waals surface area (Å²) in [5.74, 6) is 0.442. The van der Waals surface area contributed by atoms with Crippen LogP contribution in [0.15, 0.2) is 29.1 Å². The summed E-state index contributed by atoms with van der Waals surface area (Å²) in [4.78, 5) is 38.4. The summed E-state index contributed by atoms with van der Waals surface area (Å²) in [5, 5.41) is 6.89. The van der Waals surface area contributed by atoms with Gasteiger partial charge in [-0.25, -0.2) is 4.98 Å². The van der Waals surface area contributed by atoms with E-state index in [1.807, 2.05) is 45.0 Å². The molecule has 1 aromatic carbocycles. The molecule has 5 heterocycles. The van der Waals surface area contributed by atoms with Gasteiger partial charge in [0.15, 0.2) is 0 Å². The Labute approximate surface area is 232 Å². The van der Waals surface area contributed by atoms with Gasteiger partial charge in [-0.3, -0.25) is 19.1 Å². The van der Waals surface area contributed by atoms with Crippen LogP contribution in [-0.2, 0) is 44.0 Å². The lowest BCUT2D eigenvalue weighted by atomic mass is 9.89. The number of carbonyl (C=O) groups excluding carboxylic acids is 1. The number of aryl methyl sites for hydroxylation is 1. The second-order valence-corrected chi connectivity index (χ2v) is 11.3. The van der Waals surface area contributed by atoms with Gasteiger partial charge in [-0.05, 0) is 57.0 Å². The van der Waals surface area contributed by atoms with E-state index in [0.717, 1.165) is 34.9 Å². The fourth-order valence-electron chi connectivity index (χ4n) is 5.63. The highest BCUT2D eigenvalue weighted by molar-refractivity contribution is 6.05. The van der Waals surface area contributed by atoms with E-state index in [0.29, 0.717) is 62.7 Å². The molecule has 3 aliphatic heterocycles. The van der Waals surface area contributed by atoms with Gasteiger partial charge >= 0.3 is 0 Å². The van der Waals surface area contributed by atoms with Crippen LogP contribution in [0.1, 0.15) is 37.7 Å². The number of fused-ring (bicyclic) bond motifs is 4. The first-order valence-electron chi connectivity index (χ1n) is 13.8. The number of benzene rings is 1. The average Bonchev–Trinajstić information content (AvgIpc) is 3.15. The van der Waals surface area contributed by atoms with Crippen LogP contribution in [0.5, 0.6) is 0 Å². The molecular weight excluding hydrogens is 512 g/mol. The van der Waals surface area contributed by atoms with Gasteiger partial charge in [0.05, 0.1) is 65.4 Å². The molecule has 3 aliphatic rings. The average molecular weight is 549 g/mol. The number of aromatic nitrogens is 3. The monoisotopic (exact) mass is 548 g/mol. The number of hydrogen-bond acceptors (Lipinski definition) is 9. The molecule has 40 heavy (non-hydrogen) atoms. The summed E-state index contributed by atoms with van der Waals surface area (Å²) in [7, 11) is 1.68. The van der Waals surface area contributed by atoms with Crippen LogP contribution in [0.25, 0.3) is 10.9 Å². The van der Waals surface area contributed by atoms with Crippen LogP contribution in [0.4, 0.5) is 17.3 Å². The standard InChI is InChI=1S/C29H36N6O5/c1-17-13-30-28-33-22-12-19(34-9-10-39-20(14-34)15-38-4)5-6-21(22)26(36)35(28)8-7-18-11-23-25(31-24(18)16-40-17)29(2,3)27(37)32-23/h5-6,11-12,17,20H,7-10,13-16H2,1-4H3,(H,30,33)(H,32,37)/t17?,20-/m1/s1. The van der Waals surface area contributed by atoms with Gasteiger partial charge in [-0.2, -0.15) is 0 Å². The molecular formula is C29H36N6O5. The molecule has 0 radical (unpaired) electrons. The van der Waals surface area contributed by atoms with Crippen LogP contribution in [0.3, 0.4) is 0 Å². The number of anilines is 3. The number of morpholine rings is 1. The zero-order chi connectivity index (χ0) is 28.0. The molecule has 1 unspecified atom stereocenters. The maximum absolute atomic E-state index is 13.8. The van der Waals surface area contributed by atoms with Gasteiger partial charge in [0, 0.05) is 39.0 Å². The molecule has 11 heteroatoms. The maximum atomic E-state index is 13.8. The minimum absolute atomic E-state index is 0.00147. The lowest BCUT2D eigenvalue weighted by Gasteiger charge is -2.34. The van der Waals surface area contributed by atoms with Gasteiger partial charge in [0.2, 0.25) is 11.9 Å². The van der Waals surface area contributed by atoms with Gasteiger partial charge in [-0.1, -0.05) is 0 Å². The quantitative estimate of drug-likeness (QED) is 0.509. The number of amides is 1. The van der Waals surface area contributed by atoms with Crippen molar-refractivity contribution in [1.82, 2.24) is 14.5 Å². The number of carbonyl (C=O) groups is 1. The minimum atomic E-state index is -0.707. The van der Waals surface area contributed by atoms with Crippen molar-refractivity contribution in [1.29, 1.82) is 0 Å².